The van der Waals surface area contributed by atoms with Crippen LogP contribution < -0.4 is 14.8 Å². The summed E-state index contributed by atoms with van der Waals surface area (Å²) in [5.74, 6) is 0.0883. The van der Waals surface area contributed by atoms with Crippen molar-refractivity contribution in [3.05, 3.63) is 59.7 Å². The van der Waals surface area contributed by atoms with Crippen molar-refractivity contribution in [2.24, 2.45) is 0 Å². The molecule has 1 atom stereocenters. The standard InChI is InChI=1S/C19H19NO5/c21-18(11-13-6-7-16-17(10-13)25-9-8-24-16)20-15(12-19(22)23)14-4-2-1-3-5-14/h1-7,10,15H,8-9,11-12H2,(H,20,21)(H,22,23). The molecule has 2 aromatic rings. The minimum absolute atomic E-state index is 0.138. The monoisotopic (exact) mass is 341 g/mol. The van der Waals surface area contributed by atoms with Gasteiger partial charge in [-0.15, -0.1) is 0 Å². The van der Waals surface area contributed by atoms with E-state index < -0.39 is 12.0 Å². The molecule has 1 unspecified atom stereocenters. The Morgan fingerprint density at radius 1 is 1.04 bits per heavy atom. The summed E-state index contributed by atoms with van der Waals surface area (Å²) in [5, 5.41) is 11.9. The van der Waals surface area contributed by atoms with Gasteiger partial charge in [-0.05, 0) is 23.3 Å². The Kier molecular flexibility index (Phi) is 5.18. The third-order valence-corrected chi connectivity index (χ3v) is 3.89. The van der Waals surface area contributed by atoms with E-state index in [-0.39, 0.29) is 18.7 Å². The average molecular weight is 341 g/mol. The zero-order valence-corrected chi connectivity index (χ0v) is 13.6. The van der Waals surface area contributed by atoms with Crippen LogP contribution in [0.15, 0.2) is 48.5 Å². The fourth-order valence-electron chi connectivity index (χ4n) is 2.74. The van der Waals surface area contributed by atoms with Gasteiger partial charge in [0, 0.05) is 0 Å². The Hall–Kier alpha value is -3.02. The molecule has 6 heteroatoms. The van der Waals surface area contributed by atoms with Gasteiger partial charge in [0.2, 0.25) is 5.91 Å². The minimum Gasteiger partial charge on any atom is -0.486 e. The number of nitrogens with one attached hydrogen (secondary N) is 1. The maximum absolute atomic E-state index is 12.4. The lowest BCUT2D eigenvalue weighted by atomic mass is 10.0. The van der Waals surface area contributed by atoms with E-state index in [2.05, 4.69) is 5.32 Å². The molecule has 0 aliphatic carbocycles. The molecule has 130 valence electrons. The fourth-order valence-corrected chi connectivity index (χ4v) is 2.74. The molecule has 25 heavy (non-hydrogen) atoms. The van der Waals surface area contributed by atoms with E-state index in [9.17, 15) is 9.59 Å². The van der Waals surface area contributed by atoms with Crippen LogP contribution in [-0.4, -0.2) is 30.2 Å². The van der Waals surface area contributed by atoms with Crippen LogP contribution >= 0.6 is 0 Å². The van der Waals surface area contributed by atoms with Crippen molar-refractivity contribution >= 4 is 11.9 Å². The molecule has 3 rings (SSSR count). The summed E-state index contributed by atoms with van der Waals surface area (Å²) >= 11 is 0. The molecule has 1 aliphatic heterocycles. The number of carbonyl (C=O) groups is 2. The zero-order chi connectivity index (χ0) is 17.6. The predicted molar refractivity (Wildman–Crippen MR) is 90.7 cm³/mol. The van der Waals surface area contributed by atoms with Crippen molar-refractivity contribution in [1.82, 2.24) is 5.32 Å². The van der Waals surface area contributed by atoms with Crippen LogP contribution in [0.4, 0.5) is 0 Å². The van der Waals surface area contributed by atoms with Crippen molar-refractivity contribution in [2.45, 2.75) is 18.9 Å². The van der Waals surface area contributed by atoms with Crippen molar-refractivity contribution in [3.8, 4) is 11.5 Å². The lowest BCUT2D eigenvalue weighted by molar-refractivity contribution is -0.137. The highest BCUT2D eigenvalue weighted by Crippen LogP contribution is 2.31. The first-order valence-electron chi connectivity index (χ1n) is 8.06. The molecule has 0 spiro atoms. The lowest BCUT2D eigenvalue weighted by Crippen LogP contribution is -2.31. The first-order chi connectivity index (χ1) is 12.1. The number of carbonyl (C=O) groups excluding carboxylic acids is 1. The molecular formula is C19H19NO5. The van der Waals surface area contributed by atoms with Crippen LogP contribution in [0.1, 0.15) is 23.6 Å². The molecular weight excluding hydrogens is 322 g/mol. The van der Waals surface area contributed by atoms with Crippen molar-refractivity contribution in [1.29, 1.82) is 0 Å². The van der Waals surface area contributed by atoms with Gasteiger partial charge in [0.05, 0.1) is 18.9 Å². The molecule has 6 nitrogen and oxygen atoms in total. The first-order valence-corrected chi connectivity index (χ1v) is 8.06. The zero-order valence-electron chi connectivity index (χ0n) is 13.6. The number of fused-ring (bicyclic) bond motifs is 1. The third kappa shape index (κ3) is 4.50. The van der Waals surface area contributed by atoms with Gasteiger partial charge in [0.25, 0.3) is 0 Å². The SMILES string of the molecule is O=C(O)CC(NC(=O)Cc1ccc2c(c1)OCCO2)c1ccccc1. The van der Waals surface area contributed by atoms with E-state index in [0.717, 1.165) is 11.1 Å². The highest BCUT2D eigenvalue weighted by atomic mass is 16.6. The second-order valence-corrected chi connectivity index (χ2v) is 5.78. The maximum atomic E-state index is 12.4. The summed E-state index contributed by atoms with van der Waals surface area (Å²) in [6.07, 6.45) is -0.0313. The second-order valence-electron chi connectivity index (χ2n) is 5.78. The number of carboxylic acid groups (broad SMARTS) is 1. The largest absolute Gasteiger partial charge is 0.486 e. The van der Waals surface area contributed by atoms with Crippen LogP contribution in [0.25, 0.3) is 0 Å². The lowest BCUT2D eigenvalue weighted by Gasteiger charge is -2.20. The average Bonchev–Trinajstić information content (AvgIpc) is 2.61. The van der Waals surface area contributed by atoms with E-state index in [4.69, 9.17) is 14.6 Å². The Morgan fingerprint density at radius 2 is 1.76 bits per heavy atom. The van der Waals surface area contributed by atoms with Crippen molar-refractivity contribution in [2.75, 3.05) is 13.2 Å². The van der Waals surface area contributed by atoms with Crippen molar-refractivity contribution < 1.29 is 24.2 Å². The highest BCUT2D eigenvalue weighted by Gasteiger charge is 2.19. The molecule has 1 amide bonds. The van der Waals surface area contributed by atoms with E-state index in [1.165, 1.54) is 0 Å². The number of amides is 1. The van der Waals surface area contributed by atoms with Crippen LogP contribution in [0.2, 0.25) is 0 Å². The summed E-state index contributed by atoms with van der Waals surface area (Å²) in [4.78, 5) is 23.5. The Balaban J connectivity index is 1.68. The molecule has 0 bridgehead atoms. The van der Waals surface area contributed by atoms with Gasteiger partial charge in [0.1, 0.15) is 13.2 Å². The molecule has 1 aliphatic rings. The summed E-state index contributed by atoms with van der Waals surface area (Å²) in [6, 6.07) is 13.9. The number of ether oxygens (including phenoxy) is 2. The number of carboxylic acids is 1. The van der Waals surface area contributed by atoms with Gasteiger partial charge < -0.3 is 19.9 Å². The maximum Gasteiger partial charge on any atom is 0.305 e. The number of aliphatic carboxylic acids is 1. The molecule has 0 radical (unpaired) electrons. The predicted octanol–water partition coefficient (Wildman–Crippen LogP) is 2.33. The highest BCUT2D eigenvalue weighted by molar-refractivity contribution is 5.80. The number of benzene rings is 2. The van der Waals surface area contributed by atoms with Crippen LogP contribution in [0, 0.1) is 0 Å². The van der Waals surface area contributed by atoms with E-state index >= 15 is 0 Å². The van der Waals surface area contributed by atoms with Gasteiger partial charge in [-0.1, -0.05) is 36.4 Å². The summed E-state index contributed by atoms with van der Waals surface area (Å²) in [6.45, 7) is 0.998. The number of hydrogen-bond acceptors (Lipinski definition) is 4. The normalized spacial score (nSPS) is 13.8. The molecule has 0 saturated carbocycles. The summed E-state index contributed by atoms with van der Waals surface area (Å²) in [5.41, 5.74) is 1.55. The second kappa shape index (κ2) is 7.70. The summed E-state index contributed by atoms with van der Waals surface area (Å²) in [7, 11) is 0. The minimum atomic E-state index is -0.964. The number of hydrogen-bond donors (Lipinski definition) is 2. The Bertz CT molecular complexity index is 760. The Labute approximate surface area is 145 Å². The van der Waals surface area contributed by atoms with E-state index in [0.29, 0.717) is 24.7 Å². The van der Waals surface area contributed by atoms with E-state index in [1.54, 1.807) is 24.3 Å². The van der Waals surface area contributed by atoms with Gasteiger partial charge >= 0.3 is 5.97 Å². The van der Waals surface area contributed by atoms with Crippen LogP contribution in [0.5, 0.6) is 11.5 Å². The van der Waals surface area contributed by atoms with Gasteiger partial charge in [-0.25, -0.2) is 0 Å². The fraction of sp³-hybridized carbons (Fsp3) is 0.263. The van der Waals surface area contributed by atoms with Gasteiger partial charge in [-0.2, -0.15) is 0 Å². The molecule has 2 N–H and O–H groups in total. The molecule has 0 saturated heterocycles. The quantitative estimate of drug-likeness (QED) is 0.842. The van der Waals surface area contributed by atoms with E-state index in [1.807, 2.05) is 24.3 Å². The molecule has 2 aromatic carbocycles. The first kappa shape index (κ1) is 16.8. The summed E-state index contributed by atoms with van der Waals surface area (Å²) < 4.78 is 11.0. The Morgan fingerprint density at radius 3 is 2.48 bits per heavy atom. The topological polar surface area (TPSA) is 84.9 Å². The smallest absolute Gasteiger partial charge is 0.305 e. The van der Waals surface area contributed by atoms with Crippen molar-refractivity contribution in [3.63, 3.8) is 0 Å². The van der Waals surface area contributed by atoms with Gasteiger partial charge in [-0.3, -0.25) is 9.59 Å². The number of rotatable bonds is 6. The van der Waals surface area contributed by atoms with Crippen LogP contribution in [0.3, 0.4) is 0 Å². The third-order valence-electron chi connectivity index (χ3n) is 3.89. The van der Waals surface area contributed by atoms with Gasteiger partial charge in [0.15, 0.2) is 11.5 Å². The molecule has 1 heterocycles. The van der Waals surface area contributed by atoms with Crippen LogP contribution in [-0.2, 0) is 16.0 Å². The molecule has 0 aromatic heterocycles. The molecule has 0 fully saturated rings.